The topological polar surface area (TPSA) is 38.2 Å². The SMILES string of the molecule is Cc1cccnc1[C@@H]1CCC[C@H](C2CN3C(N4CCN(C5CC5)CC4)=CC=CC3=N2)N1C. The monoisotopic (exact) mass is 432 g/mol. The number of piperidine rings is 1. The lowest BCUT2D eigenvalue weighted by Crippen LogP contribution is -2.51. The van der Waals surface area contributed by atoms with Crippen molar-refractivity contribution in [1.29, 1.82) is 0 Å². The van der Waals surface area contributed by atoms with Gasteiger partial charge >= 0.3 is 0 Å². The number of fused-ring (bicyclic) bond motifs is 1. The molecule has 32 heavy (non-hydrogen) atoms. The first kappa shape index (κ1) is 20.4. The molecule has 1 saturated carbocycles. The minimum atomic E-state index is 0.320. The molecule has 0 spiro atoms. The molecule has 1 aromatic heterocycles. The van der Waals surface area contributed by atoms with Crippen molar-refractivity contribution in [3.63, 3.8) is 0 Å². The summed E-state index contributed by atoms with van der Waals surface area (Å²) in [7, 11) is 2.30. The molecule has 0 radical (unpaired) electrons. The zero-order chi connectivity index (χ0) is 21.7. The van der Waals surface area contributed by atoms with Crippen LogP contribution in [-0.4, -0.2) is 88.3 Å². The first-order chi connectivity index (χ1) is 15.7. The second kappa shape index (κ2) is 8.31. The van der Waals surface area contributed by atoms with Gasteiger partial charge in [0.05, 0.1) is 17.8 Å². The largest absolute Gasteiger partial charge is 0.355 e. The normalized spacial score (nSPS) is 31.5. The Kier molecular flexibility index (Phi) is 5.30. The molecule has 2 saturated heterocycles. The van der Waals surface area contributed by atoms with Crippen LogP contribution in [0.5, 0.6) is 0 Å². The fraction of sp³-hybridized carbons (Fsp3) is 0.615. The van der Waals surface area contributed by atoms with Crippen molar-refractivity contribution in [3.8, 4) is 0 Å². The molecule has 6 nitrogen and oxygen atoms in total. The van der Waals surface area contributed by atoms with Gasteiger partial charge < -0.3 is 9.80 Å². The molecule has 5 heterocycles. The van der Waals surface area contributed by atoms with E-state index in [2.05, 4.69) is 57.9 Å². The second-order valence-corrected chi connectivity index (χ2v) is 10.2. The number of aromatic nitrogens is 1. The molecule has 0 aromatic carbocycles. The van der Waals surface area contributed by atoms with Crippen LogP contribution in [0.1, 0.15) is 49.4 Å². The van der Waals surface area contributed by atoms with E-state index in [-0.39, 0.29) is 0 Å². The molecule has 0 bridgehead atoms. The van der Waals surface area contributed by atoms with E-state index < -0.39 is 0 Å². The van der Waals surface area contributed by atoms with Crippen molar-refractivity contribution in [2.45, 2.75) is 63.2 Å². The molecule has 1 unspecified atom stereocenters. The summed E-state index contributed by atoms with van der Waals surface area (Å²) in [6.07, 6.45) is 15.1. The molecule has 6 heteroatoms. The maximum Gasteiger partial charge on any atom is 0.129 e. The molecule has 1 aromatic rings. The third-order valence-electron chi connectivity index (χ3n) is 8.21. The van der Waals surface area contributed by atoms with Crippen LogP contribution in [0.25, 0.3) is 0 Å². The van der Waals surface area contributed by atoms with E-state index in [9.17, 15) is 0 Å². The van der Waals surface area contributed by atoms with Gasteiger partial charge in [0.25, 0.3) is 0 Å². The average Bonchev–Trinajstić information content (AvgIpc) is 3.58. The van der Waals surface area contributed by atoms with Crippen LogP contribution in [0.15, 0.2) is 47.4 Å². The van der Waals surface area contributed by atoms with Crippen LogP contribution >= 0.6 is 0 Å². The Bertz CT molecular complexity index is 939. The zero-order valence-corrected chi connectivity index (χ0v) is 19.5. The van der Waals surface area contributed by atoms with E-state index in [0.717, 1.165) is 31.5 Å². The predicted octanol–water partition coefficient (Wildman–Crippen LogP) is 3.19. The molecule has 1 aliphatic carbocycles. The van der Waals surface area contributed by atoms with E-state index in [1.54, 1.807) is 0 Å². The molecular formula is C26H36N6. The average molecular weight is 433 g/mol. The lowest BCUT2D eigenvalue weighted by molar-refractivity contribution is 0.0896. The van der Waals surface area contributed by atoms with Crippen molar-refractivity contribution in [2.75, 3.05) is 39.8 Å². The predicted molar refractivity (Wildman–Crippen MR) is 128 cm³/mol. The fourth-order valence-electron chi connectivity index (χ4n) is 6.25. The Morgan fingerprint density at radius 1 is 1.03 bits per heavy atom. The number of hydrogen-bond donors (Lipinski definition) is 0. The van der Waals surface area contributed by atoms with Crippen LogP contribution in [0.3, 0.4) is 0 Å². The Hall–Kier alpha value is -2.18. The summed E-state index contributed by atoms with van der Waals surface area (Å²) in [6.45, 7) is 7.86. The number of pyridine rings is 1. The molecule has 3 fully saturated rings. The summed E-state index contributed by atoms with van der Waals surface area (Å²) in [4.78, 5) is 20.4. The van der Waals surface area contributed by atoms with Gasteiger partial charge in [0, 0.05) is 51.0 Å². The first-order valence-electron chi connectivity index (χ1n) is 12.5. The summed E-state index contributed by atoms with van der Waals surface area (Å²) >= 11 is 0. The van der Waals surface area contributed by atoms with Gasteiger partial charge in [0.2, 0.25) is 0 Å². The maximum atomic E-state index is 5.25. The second-order valence-electron chi connectivity index (χ2n) is 10.2. The summed E-state index contributed by atoms with van der Waals surface area (Å²) < 4.78 is 0. The molecule has 170 valence electrons. The van der Waals surface area contributed by atoms with Gasteiger partial charge in [-0.05, 0) is 69.9 Å². The third kappa shape index (κ3) is 3.67. The van der Waals surface area contributed by atoms with Crippen LogP contribution in [0, 0.1) is 6.92 Å². The van der Waals surface area contributed by atoms with Crippen LogP contribution in [-0.2, 0) is 0 Å². The van der Waals surface area contributed by atoms with Gasteiger partial charge in [0.1, 0.15) is 11.7 Å². The molecule has 6 rings (SSSR count). The molecule has 3 atom stereocenters. The number of rotatable bonds is 4. The number of likely N-dealkylation sites (N-methyl/N-ethyl adjacent to an activating group) is 1. The number of allylic oxidation sites excluding steroid dienone is 2. The lowest BCUT2D eigenvalue weighted by Gasteiger charge is -2.43. The van der Waals surface area contributed by atoms with Crippen LogP contribution in [0.2, 0.25) is 0 Å². The highest BCUT2D eigenvalue weighted by Gasteiger charge is 2.40. The van der Waals surface area contributed by atoms with Crippen LogP contribution in [0.4, 0.5) is 0 Å². The Morgan fingerprint density at radius 3 is 2.66 bits per heavy atom. The van der Waals surface area contributed by atoms with Gasteiger partial charge in [0.15, 0.2) is 0 Å². The number of hydrogen-bond acceptors (Lipinski definition) is 6. The fourth-order valence-corrected chi connectivity index (χ4v) is 6.25. The van der Waals surface area contributed by atoms with Gasteiger partial charge in [-0.2, -0.15) is 0 Å². The highest BCUT2D eigenvalue weighted by molar-refractivity contribution is 5.97. The van der Waals surface area contributed by atoms with Crippen molar-refractivity contribution < 1.29 is 0 Å². The van der Waals surface area contributed by atoms with Crippen molar-refractivity contribution in [1.82, 2.24) is 24.6 Å². The Labute approximate surface area is 192 Å². The number of nitrogens with zero attached hydrogens (tertiary/aromatic N) is 6. The van der Waals surface area contributed by atoms with E-state index >= 15 is 0 Å². The minimum Gasteiger partial charge on any atom is -0.355 e. The van der Waals surface area contributed by atoms with Crippen LogP contribution < -0.4 is 0 Å². The van der Waals surface area contributed by atoms with Crippen molar-refractivity contribution in [2.24, 2.45) is 4.99 Å². The van der Waals surface area contributed by atoms with E-state index in [1.165, 1.54) is 62.3 Å². The van der Waals surface area contributed by atoms with Crippen molar-refractivity contribution >= 4 is 5.84 Å². The number of piperazine rings is 1. The Morgan fingerprint density at radius 2 is 1.88 bits per heavy atom. The number of aliphatic imine (C=N–C) groups is 1. The van der Waals surface area contributed by atoms with E-state index in [1.807, 2.05) is 12.3 Å². The Balaban J connectivity index is 1.16. The van der Waals surface area contributed by atoms with Gasteiger partial charge in [-0.1, -0.05) is 12.1 Å². The smallest absolute Gasteiger partial charge is 0.129 e. The number of amidine groups is 1. The summed E-state index contributed by atoms with van der Waals surface area (Å²) in [5, 5.41) is 0. The molecule has 4 aliphatic heterocycles. The molecule has 0 N–H and O–H groups in total. The zero-order valence-electron chi connectivity index (χ0n) is 19.5. The van der Waals surface area contributed by atoms with Gasteiger partial charge in [-0.15, -0.1) is 0 Å². The standard InChI is InChI=1S/C26H36N6/c1-19-6-5-13-27-26(19)23-8-3-7-22(29(23)2)21-18-32-24(28-21)9-4-10-25(32)31-16-14-30(15-17-31)20-11-12-20/h4-6,9-10,13,20-23H,3,7-8,11-12,14-18H2,1-2H3/t21?,22-,23+/m1/s1. The molecule has 5 aliphatic rings. The summed E-state index contributed by atoms with van der Waals surface area (Å²) in [5.74, 6) is 2.52. The molecular weight excluding hydrogens is 396 g/mol. The third-order valence-corrected chi connectivity index (χ3v) is 8.21. The highest BCUT2D eigenvalue weighted by Crippen LogP contribution is 2.37. The number of likely N-dealkylation sites (tertiary alicyclic amines) is 1. The van der Waals surface area contributed by atoms with Gasteiger partial charge in [-0.25, -0.2) is 0 Å². The summed E-state index contributed by atoms with van der Waals surface area (Å²) in [5.41, 5.74) is 2.55. The summed E-state index contributed by atoms with van der Waals surface area (Å²) in [6, 6.07) is 6.30. The van der Waals surface area contributed by atoms with Crippen molar-refractivity contribution in [3.05, 3.63) is 53.6 Å². The first-order valence-corrected chi connectivity index (χ1v) is 12.5. The highest BCUT2D eigenvalue weighted by atomic mass is 15.4. The lowest BCUT2D eigenvalue weighted by atomic mass is 9.89. The van der Waals surface area contributed by atoms with E-state index in [0.29, 0.717) is 18.1 Å². The molecule has 0 amide bonds. The quantitative estimate of drug-likeness (QED) is 0.731. The van der Waals surface area contributed by atoms with Gasteiger partial charge in [-0.3, -0.25) is 19.8 Å². The minimum absolute atomic E-state index is 0.320. The number of aryl methyl sites for hydroxylation is 1. The van der Waals surface area contributed by atoms with E-state index in [4.69, 9.17) is 9.98 Å². The maximum absolute atomic E-state index is 5.25.